The van der Waals surface area contributed by atoms with Crippen molar-refractivity contribution in [2.24, 2.45) is 11.8 Å². The molecule has 2 aromatic rings. The van der Waals surface area contributed by atoms with Gasteiger partial charge in [0.05, 0.1) is 14.2 Å². The number of piperidine rings is 2. The Bertz CT molecular complexity index is 1250. The van der Waals surface area contributed by atoms with E-state index in [1.54, 1.807) is 14.2 Å². The van der Waals surface area contributed by atoms with Gasteiger partial charge in [0.15, 0.2) is 0 Å². The Balaban J connectivity index is 1.22. The highest BCUT2D eigenvalue weighted by molar-refractivity contribution is 5.38. The van der Waals surface area contributed by atoms with Crippen molar-refractivity contribution in [1.29, 1.82) is 0 Å². The molecule has 4 unspecified atom stereocenters. The Morgan fingerprint density at radius 2 is 0.917 bits per heavy atom. The lowest BCUT2D eigenvalue weighted by Gasteiger charge is -2.51. The third-order valence-corrected chi connectivity index (χ3v) is 10.2. The Morgan fingerprint density at radius 3 is 1.27 bits per heavy atom. The highest BCUT2D eigenvalue weighted by Crippen LogP contribution is 2.36. The van der Waals surface area contributed by atoms with Gasteiger partial charge in [-0.15, -0.1) is 0 Å². The molecular weight excluding hydrogens is 608 g/mol. The average Bonchev–Trinajstić information content (AvgIpc) is 2.98. The smallest absolute Gasteiger partial charge is 0.322 e. The lowest BCUT2D eigenvalue weighted by Crippen LogP contribution is -2.65. The molecule has 14 nitrogen and oxygen atoms in total. The standard InChI is InChI=1S/C34H62N12O2/c1-21-23(19-31(3,4)45-33(21,7)8)37-27-39-25(41-29(43-27)47-11)35-17-15-13-14-16-18-36-26-40-28(44-30(42-26)48-12)38-24-20-32(5,6)46-34(9,10)22(24)2/h21-24,45-46H,13-20H2,1-12H3,(H2,35,37,39,41,43)(H2,36,38,40,42,44). The highest BCUT2D eigenvalue weighted by atomic mass is 16.5. The molecule has 0 aromatic carbocycles. The van der Waals surface area contributed by atoms with Crippen molar-refractivity contribution >= 4 is 23.8 Å². The fourth-order valence-corrected chi connectivity index (χ4v) is 7.40. The van der Waals surface area contributed by atoms with Crippen LogP contribution in [0.2, 0.25) is 0 Å². The number of hydrogen-bond donors (Lipinski definition) is 6. The van der Waals surface area contributed by atoms with E-state index in [2.05, 4.69) is 131 Å². The summed E-state index contributed by atoms with van der Waals surface area (Å²) >= 11 is 0. The van der Waals surface area contributed by atoms with Crippen LogP contribution < -0.4 is 41.4 Å². The van der Waals surface area contributed by atoms with E-state index in [0.29, 0.717) is 47.7 Å². The fraction of sp³-hybridized carbons (Fsp3) is 0.824. The van der Waals surface area contributed by atoms with Gasteiger partial charge in [0.2, 0.25) is 23.8 Å². The van der Waals surface area contributed by atoms with Crippen molar-refractivity contribution in [3.63, 3.8) is 0 Å². The maximum absolute atomic E-state index is 5.39. The predicted molar refractivity (Wildman–Crippen MR) is 193 cm³/mol. The van der Waals surface area contributed by atoms with Gasteiger partial charge in [0.1, 0.15) is 0 Å². The zero-order chi connectivity index (χ0) is 35.3. The SMILES string of the molecule is COc1nc(NCCCCCCNc2nc(NC3CC(C)(C)NC(C)(C)C3C)nc(OC)n2)nc(NC2CC(C)(C)NC(C)(C)C2C)n1. The zero-order valence-corrected chi connectivity index (χ0v) is 31.5. The van der Waals surface area contributed by atoms with E-state index in [0.717, 1.165) is 51.6 Å². The second kappa shape index (κ2) is 15.1. The fourth-order valence-electron chi connectivity index (χ4n) is 7.40. The number of unbranched alkanes of at least 4 members (excludes halogenated alkanes) is 3. The highest BCUT2D eigenvalue weighted by Gasteiger charge is 2.44. The lowest BCUT2D eigenvalue weighted by atomic mass is 9.72. The first-order valence-corrected chi connectivity index (χ1v) is 17.6. The van der Waals surface area contributed by atoms with Crippen molar-refractivity contribution in [2.45, 2.75) is 142 Å². The Morgan fingerprint density at radius 1 is 0.562 bits per heavy atom. The van der Waals surface area contributed by atoms with Crippen LogP contribution in [0.25, 0.3) is 0 Å². The van der Waals surface area contributed by atoms with Gasteiger partial charge in [-0.05, 0) is 92.9 Å². The zero-order valence-electron chi connectivity index (χ0n) is 31.5. The number of ether oxygens (including phenoxy) is 2. The molecule has 2 aliphatic heterocycles. The summed E-state index contributed by atoms with van der Waals surface area (Å²) < 4.78 is 10.8. The lowest BCUT2D eigenvalue weighted by molar-refractivity contribution is 0.109. The summed E-state index contributed by atoms with van der Waals surface area (Å²) in [5.74, 6) is 2.84. The minimum Gasteiger partial charge on any atom is -0.467 e. The van der Waals surface area contributed by atoms with Gasteiger partial charge in [-0.25, -0.2) is 0 Å². The Kier molecular flexibility index (Phi) is 11.8. The normalized spacial score (nSPS) is 25.5. The molecule has 14 heteroatoms. The molecule has 4 rings (SSSR count). The van der Waals surface area contributed by atoms with Crippen molar-refractivity contribution in [3.05, 3.63) is 0 Å². The van der Waals surface area contributed by atoms with Crippen LogP contribution in [0.15, 0.2) is 0 Å². The first kappa shape index (κ1) is 37.6. The minimum absolute atomic E-state index is 0.000496. The van der Waals surface area contributed by atoms with E-state index >= 15 is 0 Å². The second-order valence-corrected chi connectivity index (χ2v) is 16.2. The second-order valence-electron chi connectivity index (χ2n) is 16.2. The molecule has 0 radical (unpaired) electrons. The molecule has 4 heterocycles. The van der Waals surface area contributed by atoms with Gasteiger partial charge in [-0.1, -0.05) is 26.7 Å². The van der Waals surface area contributed by atoms with E-state index in [1.807, 2.05) is 0 Å². The quantitative estimate of drug-likeness (QED) is 0.139. The van der Waals surface area contributed by atoms with Gasteiger partial charge in [0, 0.05) is 47.3 Å². The number of hydrogen-bond acceptors (Lipinski definition) is 14. The Labute approximate surface area is 288 Å². The minimum atomic E-state index is -0.0216. The van der Waals surface area contributed by atoms with Crippen molar-refractivity contribution < 1.29 is 9.47 Å². The number of anilines is 4. The van der Waals surface area contributed by atoms with Crippen LogP contribution in [0.1, 0.15) is 108 Å². The summed E-state index contributed by atoms with van der Waals surface area (Å²) in [6.45, 7) is 24.0. The van der Waals surface area contributed by atoms with E-state index in [1.165, 1.54) is 0 Å². The summed E-state index contributed by atoms with van der Waals surface area (Å²) in [5, 5.41) is 21.4. The number of rotatable bonds is 15. The molecule has 0 bridgehead atoms. The predicted octanol–water partition coefficient (Wildman–Crippen LogP) is 5.09. The van der Waals surface area contributed by atoms with Crippen LogP contribution in [0, 0.1) is 11.8 Å². The summed E-state index contributed by atoms with van der Waals surface area (Å²) in [6, 6.07) is 1.02. The number of methoxy groups -OCH3 is 2. The number of aromatic nitrogens is 6. The molecule has 0 amide bonds. The molecule has 4 atom stereocenters. The topological polar surface area (TPSA) is 168 Å². The first-order valence-electron chi connectivity index (χ1n) is 17.6. The molecule has 48 heavy (non-hydrogen) atoms. The van der Waals surface area contributed by atoms with Crippen LogP contribution in [0.4, 0.5) is 23.8 Å². The van der Waals surface area contributed by atoms with Crippen LogP contribution in [0.5, 0.6) is 12.0 Å². The molecule has 0 saturated carbocycles. The van der Waals surface area contributed by atoms with Gasteiger partial charge in [0.25, 0.3) is 0 Å². The largest absolute Gasteiger partial charge is 0.467 e. The summed E-state index contributed by atoms with van der Waals surface area (Å²) in [5.41, 5.74) is -0.0422. The summed E-state index contributed by atoms with van der Waals surface area (Å²) in [6.07, 6.45) is 6.00. The molecule has 2 saturated heterocycles. The van der Waals surface area contributed by atoms with Crippen molar-refractivity contribution in [2.75, 3.05) is 48.6 Å². The van der Waals surface area contributed by atoms with Crippen molar-refractivity contribution in [3.8, 4) is 12.0 Å². The molecule has 0 spiro atoms. The van der Waals surface area contributed by atoms with E-state index in [4.69, 9.17) is 9.47 Å². The molecule has 2 aromatic heterocycles. The van der Waals surface area contributed by atoms with E-state index in [-0.39, 0.29) is 34.2 Å². The maximum atomic E-state index is 5.39. The Hall–Kier alpha value is -3.26. The third-order valence-electron chi connectivity index (χ3n) is 10.2. The number of nitrogens with one attached hydrogen (secondary N) is 6. The number of nitrogens with zero attached hydrogens (tertiary/aromatic N) is 6. The van der Waals surface area contributed by atoms with Gasteiger partial charge in [-0.2, -0.15) is 29.9 Å². The molecular formula is C34H62N12O2. The van der Waals surface area contributed by atoms with Crippen LogP contribution >= 0.6 is 0 Å². The molecule has 6 N–H and O–H groups in total. The van der Waals surface area contributed by atoms with E-state index < -0.39 is 0 Å². The van der Waals surface area contributed by atoms with Crippen LogP contribution in [-0.2, 0) is 0 Å². The van der Waals surface area contributed by atoms with Crippen LogP contribution in [-0.4, -0.2) is 91.5 Å². The maximum Gasteiger partial charge on any atom is 0.322 e. The summed E-state index contributed by atoms with van der Waals surface area (Å²) in [7, 11) is 3.16. The van der Waals surface area contributed by atoms with Crippen molar-refractivity contribution in [1.82, 2.24) is 40.5 Å². The first-order chi connectivity index (χ1) is 22.4. The van der Waals surface area contributed by atoms with E-state index in [9.17, 15) is 0 Å². The average molecular weight is 671 g/mol. The molecule has 270 valence electrons. The third kappa shape index (κ3) is 10.1. The molecule has 0 aliphatic carbocycles. The van der Waals surface area contributed by atoms with Gasteiger partial charge < -0.3 is 41.4 Å². The van der Waals surface area contributed by atoms with Crippen LogP contribution in [0.3, 0.4) is 0 Å². The molecule has 2 aliphatic rings. The summed E-state index contributed by atoms with van der Waals surface area (Å²) in [4.78, 5) is 27.2. The molecule has 2 fully saturated rings. The van der Waals surface area contributed by atoms with Gasteiger partial charge >= 0.3 is 12.0 Å². The monoisotopic (exact) mass is 671 g/mol. The van der Waals surface area contributed by atoms with Gasteiger partial charge in [-0.3, -0.25) is 0 Å².